The second-order valence-corrected chi connectivity index (χ2v) is 5.29. The molecule has 3 nitrogen and oxygen atoms in total. The van der Waals surface area contributed by atoms with Gasteiger partial charge in [0.1, 0.15) is 5.54 Å². The van der Waals surface area contributed by atoms with Crippen LogP contribution < -0.4 is 11.1 Å². The van der Waals surface area contributed by atoms with E-state index < -0.39 is 11.7 Å². The van der Waals surface area contributed by atoms with Crippen LogP contribution in [-0.4, -0.2) is 16.7 Å². The Labute approximate surface area is 114 Å². The van der Waals surface area contributed by atoms with Gasteiger partial charge in [-0.05, 0) is 44.0 Å². The van der Waals surface area contributed by atoms with Gasteiger partial charge >= 0.3 is 6.18 Å². The molecule has 6 heteroatoms. The van der Waals surface area contributed by atoms with Crippen molar-refractivity contribution < 1.29 is 13.2 Å². The number of aromatic nitrogens is 1. The molecule has 0 radical (unpaired) electrons. The second-order valence-electron chi connectivity index (χ2n) is 5.29. The zero-order valence-electron chi connectivity index (χ0n) is 10.9. The van der Waals surface area contributed by atoms with Gasteiger partial charge < -0.3 is 11.1 Å². The minimum absolute atomic E-state index is 0.0989. The predicted molar refractivity (Wildman–Crippen MR) is 72.5 cm³/mol. The number of benzene rings is 1. The average molecular weight is 281 g/mol. The molecule has 0 unspecified atom stereocenters. The molecule has 0 amide bonds. The Morgan fingerprint density at radius 1 is 1.25 bits per heavy atom. The maximum atomic E-state index is 13.1. The van der Waals surface area contributed by atoms with E-state index in [1.165, 1.54) is 0 Å². The first-order valence-corrected chi connectivity index (χ1v) is 6.33. The highest BCUT2D eigenvalue weighted by molar-refractivity contribution is 5.94. The predicted octanol–water partition coefficient (Wildman–Crippen LogP) is 3.63. The molecule has 3 rings (SSSR count). The molecular weight excluding hydrogens is 267 g/mol. The van der Waals surface area contributed by atoms with Crippen LogP contribution in [0.5, 0.6) is 0 Å². The van der Waals surface area contributed by atoms with Crippen molar-refractivity contribution in [3.05, 3.63) is 30.0 Å². The van der Waals surface area contributed by atoms with Crippen molar-refractivity contribution in [3.8, 4) is 0 Å². The van der Waals surface area contributed by atoms with Crippen LogP contribution in [0.3, 0.4) is 0 Å². The van der Waals surface area contributed by atoms with Crippen LogP contribution in [0, 0.1) is 6.92 Å². The number of fused-ring (bicyclic) bond motifs is 1. The van der Waals surface area contributed by atoms with E-state index in [1.807, 2.05) is 0 Å². The number of nitrogens with zero attached hydrogens (tertiary/aromatic N) is 1. The zero-order chi connectivity index (χ0) is 14.5. The van der Waals surface area contributed by atoms with Gasteiger partial charge in [0, 0.05) is 22.5 Å². The second kappa shape index (κ2) is 4.01. The van der Waals surface area contributed by atoms with E-state index >= 15 is 0 Å². The normalized spacial score (nSPS) is 17.2. The van der Waals surface area contributed by atoms with Crippen molar-refractivity contribution in [1.82, 2.24) is 4.98 Å². The summed E-state index contributed by atoms with van der Waals surface area (Å²) in [5.41, 5.74) is 6.17. The Balaban J connectivity index is 2.09. The van der Waals surface area contributed by atoms with E-state index in [9.17, 15) is 13.2 Å². The van der Waals surface area contributed by atoms with Crippen LogP contribution in [0.25, 0.3) is 10.9 Å². The van der Waals surface area contributed by atoms with Crippen LogP contribution in [0.1, 0.15) is 18.5 Å². The first-order chi connectivity index (χ1) is 9.31. The van der Waals surface area contributed by atoms with Gasteiger partial charge in [0.15, 0.2) is 0 Å². The number of nitrogens with one attached hydrogen (secondary N) is 1. The number of nitrogen functional groups attached to an aromatic ring is 1. The Morgan fingerprint density at radius 2 is 1.95 bits per heavy atom. The van der Waals surface area contributed by atoms with Crippen molar-refractivity contribution in [2.75, 3.05) is 11.1 Å². The molecule has 1 aromatic heterocycles. The molecule has 3 N–H and O–H groups in total. The summed E-state index contributed by atoms with van der Waals surface area (Å²) in [5.74, 6) is 0. The highest BCUT2D eigenvalue weighted by Crippen LogP contribution is 2.51. The SMILES string of the molecule is Cc1cc(NC2(C(F)(F)F)CC2)c2cc(N)ccc2n1. The molecule has 1 aliphatic rings. The van der Waals surface area contributed by atoms with Gasteiger partial charge in [0.2, 0.25) is 0 Å². The number of hydrogen-bond acceptors (Lipinski definition) is 3. The minimum atomic E-state index is -4.25. The molecule has 0 atom stereocenters. The molecule has 0 spiro atoms. The number of pyridine rings is 1. The molecule has 20 heavy (non-hydrogen) atoms. The fourth-order valence-electron chi connectivity index (χ4n) is 2.34. The number of halogens is 3. The number of hydrogen-bond donors (Lipinski definition) is 2. The van der Waals surface area contributed by atoms with Crippen molar-refractivity contribution in [2.24, 2.45) is 0 Å². The van der Waals surface area contributed by atoms with E-state index in [0.29, 0.717) is 28.0 Å². The smallest absolute Gasteiger partial charge is 0.399 e. The summed E-state index contributed by atoms with van der Waals surface area (Å²) >= 11 is 0. The summed E-state index contributed by atoms with van der Waals surface area (Å²) in [6, 6.07) is 6.69. The number of alkyl halides is 3. The lowest BCUT2D eigenvalue weighted by Gasteiger charge is -2.23. The largest absolute Gasteiger partial charge is 0.411 e. The molecule has 1 heterocycles. The first-order valence-electron chi connectivity index (χ1n) is 6.33. The lowest BCUT2D eigenvalue weighted by molar-refractivity contribution is -0.151. The average Bonchev–Trinajstić information content (AvgIpc) is 3.10. The maximum absolute atomic E-state index is 13.1. The number of rotatable bonds is 2. The van der Waals surface area contributed by atoms with E-state index in [1.54, 1.807) is 31.2 Å². The lowest BCUT2D eigenvalue weighted by Crippen LogP contribution is -2.38. The molecule has 106 valence electrons. The Bertz CT molecular complexity index is 675. The number of anilines is 2. The molecular formula is C14H14F3N3. The molecule has 1 fully saturated rings. The standard InChI is InChI=1S/C14H14F3N3/c1-8-6-12(20-13(4-5-13)14(15,16)17)10-7-9(18)2-3-11(10)19-8/h2-3,6-7H,4-5,18H2,1H3,(H,19,20). The summed E-state index contributed by atoms with van der Waals surface area (Å²) < 4.78 is 39.2. The molecule has 1 saturated carbocycles. The van der Waals surface area contributed by atoms with Crippen molar-refractivity contribution in [3.63, 3.8) is 0 Å². The van der Waals surface area contributed by atoms with Gasteiger partial charge in [-0.3, -0.25) is 4.98 Å². The third-order valence-corrected chi connectivity index (χ3v) is 3.63. The quantitative estimate of drug-likeness (QED) is 0.826. The maximum Gasteiger partial charge on any atom is 0.411 e. The fraction of sp³-hybridized carbons (Fsp3) is 0.357. The topological polar surface area (TPSA) is 50.9 Å². The molecule has 2 aromatic rings. The van der Waals surface area contributed by atoms with Gasteiger partial charge in [-0.15, -0.1) is 0 Å². The third-order valence-electron chi connectivity index (χ3n) is 3.63. The summed E-state index contributed by atoms with van der Waals surface area (Å²) in [6.07, 6.45) is -4.06. The number of nitrogens with two attached hydrogens (primary N) is 1. The van der Waals surface area contributed by atoms with Crippen LogP contribution in [0.15, 0.2) is 24.3 Å². The van der Waals surface area contributed by atoms with Gasteiger partial charge in [0.25, 0.3) is 0 Å². The van der Waals surface area contributed by atoms with Gasteiger partial charge in [-0.1, -0.05) is 0 Å². The van der Waals surface area contributed by atoms with Crippen molar-refractivity contribution in [1.29, 1.82) is 0 Å². The highest BCUT2D eigenvalue weighted by atomic mass is 19.4. The van der Waals surface area contributed by atoms with Crippen LogP contribution in [0.2, 0.25) is 0 Å². The molecule has 0 aliphatic heterocycles. The minimum Gasteiger partial charge on any atom is -0.399 e. The Hall–Kier alpha value is -1.98. The number of aryl methyl sites for hydroxylation is 1. The molecule has 1 aromatic carbocycles. The monoisotopic (exact) mass is 281 g/mol. The first kappa shape index (κ1) is 13.0. The Kier molecular flexibility index (Phi) is 2.61. The summed E-state index contributed by atoms with van der Waals surface area (Å²) in [7, 11) is 0. The van der Waals surface area contributed by atoms with Gasteiger partial charge in [0.05, 0.1) is 5.52 Å². The zero-order valence-corrected chi connectivity index (χ0v) is 10.9. The summed E-state index contributed by atoms with van der Waals surface area (Å²) in [4.78, 5) is 4.31. The van der Waals surface area contributed by atoms with E-state index in [4.69, 9.17) is 5.73 Å². The summed E-state index contributed by atoms with van der Waals surface area (Å²) in [6.45, 7) is 1.76. The van der Waals surface area contributed by atoms with Crippen LogP contribution >= 0.6 is 0 Å². The lowest BCUT2D eigenvalue weighted by atomic mass is 10.1. The van der Waals surface area contributed by atoms with Gasteiger partial charge in [-0.25, -0.2) is 0 Å². The molecule has 0 saturated heterocycles. The van der Waals surface area contributed by atoms with E-state index in [2.05, 4.69) is 10.3 Å². The highest BCUT2D eigenvalue weighted by Gasteiger charge is 2.63. The Morgan fingerprint density at radius 3 is 2.55 bits per heavy atom. The van der Waals surface area contributed by atoms with Crippen molar-refractivity contribution in [2.45, 2.75) is 31.5 Å². The van der Waals surface area contributed by atoms with E-state index in [-0.39, 0.29) is 12.8 Å². The molecule has 0 bridgehead atoms. The third kappa shape index (κ3) is 2.05. The van der Waals surface area contributed by atoms with Crippen molar-refractivity contribution >= 4 is 22.3 Å². The fourth-order valence-corrected chi connectivity index (χ4v) is 2.34. The summed E-state index contributed by atoms with van der Waals surface area (Å²) in [5, 5.41) is 3.28. The van der Waals surface area contributed by atoms with Crippen LogP contribution in [-0.2, 0) is 0 Å². The van der Waals surface area contributed by atoms with Crippen LogP contribution in [0.4, 0.5) is 24.5 Å². The molecule has 1 aliphatic carbocycles. The van der Waals surface area contributed by atoms with E-state index in [0.717, 1.165) is 0 Å². The van der Waals surface area contributed by atoms with Gasteiger partial charge in [-0.2, -0.15) is 13.2 Å².